The van der Waals surface area contributed by atoms with Gasteiger partial charge in [0.15, 0.2) is 5.13 Å². The maximum atomic E-state index is 12.4. The number of carbonyl (C=O) groups excluding carboxylic acids is 2. The van der Waals surface area contributed by atoms with Gasteiger partial charge in [0.05, 0.1) is 0 Å². The average Bonchev–Trinajstić information content (AvgIpc) is 2.99. The molecule has 2 rings (SSSR count). The molecule has 5 nitrogen and oxygen atoms in total. The third-order valence-electron chi connectivity index (χ3n) is 2.94. The Labute approximate surface area is 139 Å². The van der Waals surface area contributed by atoms with Crippen molar-refractivity contribution in [1.29, 1.82) is 0 Å². The second-order valence-electron chi connectivity index (χ2n) is 5.96. The molecule has 0 atom stereocenters. The van der Waals surface area contributed by atoms with Crippen molar-refractivity contribution < 1.29 is 9.59 Å². The summed E-state index contributed by atoms with van der Waals surface area (Å²) in [7, 11) is 0. The van der Waals surface area contributed by atoms with E-state index in [-0.39, 0.29) is 11.6 Å². The predicted octanol–water partition coefficient (Wildman–Crippen LogP) is 3.29. The Balaban J connectivity index is 2.25. The molecule has 6 heteroatoms. The molecule has 1 heterocycles. The fourth-order valence-electron chi connectivity index (χ4n) is 1.63. The topological polar surface area (TPSA) is 71.1 Å². The molecule has 0 saturated heterocycles. The molecular formula is C17H19N3O2S. The Kier molecular flexibility index (Phi) is 5.28. The van der Waals surface area contributed by atoms with Gasteiger partial charge in [0.2, 0.25) is 5.91 Å². The van der Waals surface area contributed by atoms with E-state index in [4.69, 9.17) is 0 Å². The molecule has 0 aliphatic rings. The standard InChI is InChI=1S/C17H19N3O2S/c1-17(2,3)15(22)19-13(11-12-7-5-4-6-8-12)14(21)20-16-18-9-10-23-16/h4-11H,1-3H3,(H,19,22)(H,18,20,21)/b13-11+. The van der Waals surface area contributed by atoms with Crippen molar-refractivity contribution in [2.75, 3.05) is 5.32 Å². The normalized spacial score (nSPS) is 11.9. The highest BCUT2D eigenvalue weighted by molar-refractivity contribution is 7.13. The van der Waals surface area contributed by atoms with Gasteiger partial charge in [-0.3, -0.25) is 14.9 Å². The highest BCUT2D eigenvalue weighted by Gasteiger charge is 2.24. The molecule has 0 radical (unpaired) electrons. The van der Waals surface area contributed by atoms with Crippen molar-refractivity contribution >= 4 is 34.4 Å². The third kappa shape index (κ3) is 5.03. The summed E-state index contributed by atoms with van der Waals surface area (Å²) in [6.45, 7) is 5.38. The minimum Gasteiger partial charge on any atom is -0.321 e. The van der Waals surface area contributed by atoms with E-state index in [9.17, 15) is 9.59 Å². The average molecular weight is 329 g/mol. The molecule has 1 aromatic heterocycles. The molecule has 0 bridgehead atoms. The molecular weight excluding hydrogens is 310 g/mol. The first kappa shape index (κ1) is 16.9. The minimum absolute atomic E-state index is 0.186. The quantitative estimate of drug-likeness (QED) is 0.846. The summed E-state index contributed by atoms with van der Waals surface area (Å²) < 4.78 is 0. The number of carbonyl (C=O) groups is 2. The first-order valence-electron chi connectivity index (χ1n) is 7.15. The van der Waals surface area contributed by atoms with E-state index in [0.29, 0.717) is 5.13 Å². The van der Waals surface area contributed by atoms with Crippen molar-refractivity contribution in [3.63, 3.8) is 0 Å². The second kappa shape index (κ2) is 7.19. The van der Waals surface area contributed by atoms with Crippen LogP contribution in [0.4, 0.5) is 5.13 Å². The Morgan fingerprint density at radius 3 is 2.43 bits per heavy atom. The van der Waals surface area contributed by atoms with Crippen molar-refractivity contribution in [2.24, 2.45) is 5.41 Å². The van der Waals surface area contributed by atoms with Gasteiger partial charge in [-0.15, -0.1) is 11.3 Å². The van der Waals surface area contributed by atoms with Crippen molar-refractivity contribution in [3.05, 3.63) is 53.2 Å². The monoisotopic (exact) mass is 329 g/mol. The van der Waals surface area contributed by atoms with Crippen molar-refractivity contribution in [3.8, 4) is 0 Å². The van der Waals surface area contributed by atoms with Crippen LogP contribution in [0, 0.1) is 5.41 Å². The van der Waals surface area contributed by atoms with Crippen LogP contribution >= 0.6 is 11.3 Å². The maximum absolute atomic E-state index is 12.4. The van der Waals surface area contributed by atoms with Crippen LogP contribution in [0.25, 0.3) is 6.08 Å². The molecule has 1 aromatic carbocycles. The van der Waals surface area contributed by atoms with Gasteiger partial charge in [0, 0.05) is 17.0 Å². The number of rotatable bonds is 4. The van der Waals surface area contributed by atoms with Gasteiger partial charge < -0.3 is 5.32 Å². The molecule has 2 aromatic rings. The molecule has 0 saturated carbocycles. The predicted molar refractivity (Wildman–Crippen MR) is 92.8 cm³/mol. The number of hydrogen-bond donors (Lipinski definition) is 2. The number of nitrogens with one attached hydrogen (secondary N) is 2. The van der Waals surface area contributed by atoms with Crippen LogP contribution in [0.2, 0.25) is 0 Å². The van der Waals surface area contributed by atoms with Gasteiger partial charge in [-0.2, -0.15) is 0 Å². The van der Waals surface area contributed by atoms with Gasteiger partial charge in [0.1, 0.15) is 5.70 Å². The zero-order valence-electron chi connectivity index (χ0n) is 13.3. The number of amides is 2. The number of nitrogens with zero attached hydrogens (tertiary/aromatic N) is 1. The lowest BCUT2D eigenvalue weighted by Crippen LogP contribution is -2.38. The van der Waals surface area contributed by atoms with Gasteiger partial charge in [-0.1, -0.05) is 51.1 Å². The first-order valence-corrected chi connectivity index (χ1v) is 8.03. The van der Waals surface area contributed by atoms with Gasteiger partial charge in [-0.05, 0) is 11.6 Å². The third-order valence-corrected chi connectivity index (χ3v) is 3.63. The fourth-order valence-corrected chi connectivity index (χ4v) is 2.16. The van der Waals surface area contributed by atoms with Crippen LogP contribution in [0.15, 0.2) is 47.6 Å². The van der Waals surface area contributed by atoms with E-state index < -0.39 is 11.3 Å². The van der Waals surface area contributed by atoms with Crippen molar-refractivity contribution in [2.45, 2.75) is 20.8 Å². The Bertz CT molecular complexity index is 701. The SMILES string of the molecule is CC(C)(C)C(=O)N/C(=C/c1ccccc1)C(=O)Nc1nccs1. The summed E-state index contributed by atoms with van der Waals surface area (Å²) in [5.74, 6) is -0.629. The highest BCUT2D eigenvalue weighted by atomic mass is 32.1. The van der Waals surface area contributed by atoms with E-state index in [1.807, 2.05) is 30.3 Å². The lowest BCUT2D eigenvalue weighted by atomic mass is 9.95. The van der Waals surface area contributed by atoms with Crippen LogP contribution in [0.3, 0.4) is 0 Å². The number of hydrogen-bond acceptors (Lipinski definition) is 4. The van der Waals surface area contributed by atoms with E-state index in [1.54, 1.807) is 38.4 Å². The van der Waals surface area contributed by atoms with E-state index >= 15 is 0 Å². The zero-order valence-corrected chi connectivity index (χ0v) is 14.1. The summed E-state index contributed by atoms with van der Waals surface area (Å²) in [6.07, 6.45) is 3.25. The maximum Gasteiger partial charge on any atom is 0.273 e. The molecule has 0 aliphatic carbocycles. The van der Waals surface area contributed by atoms with Crippen LogP contribution in [-0.4, -0.2) is 16.8 Å². The van der Waals surface area contributed by atoms with E-state index in [0.717, 1.165) is 5.56 Å². The highest BCUT2D eigenvalue weighted by Crippen LogP contribution is 2.16. The van der Waals surface area contributed by atoms with E-state index in [1.165, 1.54) is 11.3 Å². The van der Waals surface area contributed by atoms with E-state index in [2.05, 4.69) is 15.6 Å². The molecule has 120 valence electrons. The summed E-state index contributed by atoms with van der Waals surface area (Å²) in [5.41, 5.74) is 0.411. The lowest BCUT2D eigenvalue weighted by Gasteiger charge is -2.19. The van der Waals surface area contributed by atoms with Crippen molar-refractivity contribution in [1.82, 2.24) is 10.3 Å². The first-order chi connectivity index (χ1) is 10.9. The zero-order chi connectivity index (χ0) is 16.9. The van der Waals surface area contributed by atoms with Crippen LogP contribution < -0.4 is 10.6 Å². The number of anilines is 1. The Morgan fingerprint density at radius 1 is 1.17 bits per heavy atom. The molecule has 0 unspecified atom stereocenters. The smallest absolute Gasteiger partial charge is 0.273 e. The Hall–Kier alpha value is -2.47. The number of benzene rings is 1. The lowest BCUT2D eigenvalue weighted by molar-refractivity contribution is -0.128. The minimum atomic E-state index is -0.600. The summed E-state index contributed by atoms with van der Waals surface area (Å²) in [4.78, 5) is 28.7. The second-order valence-corrected chi connectivity index (χ2v) is 6.86. The fraction of sp³-hybridized carbons (Fsp3) is 0.235. The van der Waals surface area contributed by atoms with Gasteiger partial charge >= 0.3 is 0 Å². The largest absolute Gasteiger partial charge is 0.321 e. The summed E-state index contributed by atoms with van der Waals surface area (Å²) in [6, 6.07) is 9.35. The molecule has 2 amide bonds. The van der Waals surface area contributed by atoms with Crippen LogP contribution in [0.5, 0.6) is 0 Å². The summed E-state index contributed by atoms with van der Waals surface area (Å²) in [5, 5.41) is 7.64. The van der Waals surface area contributed by atoms with Gasteiger partial charge in [-0.25, -0.2) is 4.98 Å². The summed E-state index contributed by atoms with van der Waals surface area (Å²) >= 11 is 1.32. The number of thiazole rings is 1. The van der Waals surface area contributed by atoms with Crippen LogP contribution in [-0.2, 0) is 9.59 Å². The molecule has 0 fully saturated rings. The number of aromatic nitrogens is 1. The molecule has 23 heavy (non-hydrogen) atoms. The molecule has 2 N–H and O–H groups in total. The van der Waals surface area contributed by atoms with Crippen LogP contribution in [0.1, 0.15) is 26.3 Å². The Morgan fingerprint density at radius 2 is 1.87 bits per heavy atom. The van der Waals surface area contributed by atoms with Gasteiger partial charge in [0.25, 0.3) is 5.91 Å². The molecule has 0 aliphatic heterocycles. The molecule has 0 spiro atoms.